The summed E-state index contributed by atoms with van der Waals surface area (Å²) in [6, 6.07) is 0. The third-order valence-corrected chi connectivity index (χ3v) is 1.12. The van der Waals surface area contributed by atoms with Gasteiger partial charge in [0.2, 0.25) is 11.7 Å². The fourth-order valence-corrected chi connectivity index (χ4v) is 0.371. The molecule has 0 spiro atoms. The smallest absolute Gasteiger partial charge is 0.201 e. The van der Waals surface area contributed by atoms with Crippen LogP contribution in [0.3, 0.4) is 0 Å². The van der Waals surface area contributed by atoms with Gasteiger partial charge in [0.15, 0.2) is 0 Å². The van der Waals surface area contributed by atoms with E-state index in [9.17, 15) is 35.1 Å². The highest BCUT2D eigenvalue weighted by molar-refractivity contribution is 6.25. The summed E-state index contributed by atoms with van der Waals surface area (Å²) in [5, 5.41) is 0. The van der Waals surface area contributed by atoms with Crippen molar-refractivity contribution in [2.24, 2.45) is 0 Å². The molecule has 0 aliphatic carbocycles. The highest BCUT2D eigenvalue weighted by atomic mass is 35.5. The third kappa shape index (κ3) is 8.78. The molecule has 0 saturated carbocycles. The van der Waals surface area contributed by atoms with Crippen LogP contribution in [0.4, 0.5) is 35.1 Å². The predicted molar refractivity (Wildman–Crippen MR) is 42.2 cm³/mol. The Kier molecular flexibility index (Phi) is 7.77. The van der Waals surface area contributed by atoms with Gasteiger partial charge < -0.3 is 0 Å². The summed E-state index contributed by atoms with van der Waals surface area (Å²) >= 11 is 8.76. The van der Waals surface area contributed by atoms with E-state index in [2.05, 4.69) is 23.2 Å². The average molecular weight is 297 g/mol. The number of rotatable bonds is 0. The van der Waals surface area contributed by atoms with E-state index in [0.29, 0.717) is 0 Å². The van der Waals surface area contributed by atoms with E-state index < -0.39 is 24.0 Å². The summed E-state index contributed by atoms with van der Waals surface area (Å²) in [4.78, 5) is 0. The van der Waals surface area contributed by atoms with Crippen molar-refractivity contribution in [3.63, 3.8) is 0 Å². The van der Waals surface area contributed by atoms with Crippen LogP contribution < -0.4 is 0 Å². The molecule has 0 bridgehead atoms. The maximum Gasteiger partial charge on any atom is 0.443 e. The Hall–Kier alpha value is -0.500. The van der Waals surface area contributed by atoms with Crippen molar-refractivity contribution in [2.45, 2.75) is 12.4 Å². The highest BCUT2D eigenvalue weighted by Crippen LogP contribution is 2.27. The van der Waals surface area contributed by atoms with Crippen molar-refractivity contribution in [3.8, 4) is 0 Å². The van der Waals surface area contributed by atoms with Gasteiger partial charge in [-0.25, -0.2) is 8.78 Å². The van der Waals surface area contributed by atoms with Crippen LogP contribution in [0.5, 0.6) is 0 Å². The van der Waals surface area contributed by atoms with Crippen molar-refractivity contribution in [1.29, 1.82) is 0 Å². The lowest BCUT2D eigenvalue weighted by molar-refractivity contribution is -0.109. The zero-order valence-electron chi connectivity index (χ0n) is 6.93. The first-order valence-electron chi connectivity index (χ1n) is 3.03. The number of hydrogen-bond acceptors (Lipinski definition) is 0. The van der Waals surface area contributed by atoms with Crippen LogP contribution in [0.15, 0.2) is 22.7 Å². The van der Waals surface area contributed by atoms with Gasteiger partial charge in [0.05, 0.1) is 0 Å². The van der Waals surface area contributed by atoms with Crippen molar-refractivity contribution in [1.82, 2.24) is 0 Å². The second kappa shape index (κ2) is 6.95. The Balaban J connectivity index is 0. The lowest BCUT2D eigenvalue weighted by atomic mass is 10.6. The zero-order chi connectivity index (χ0) is 13.6. The largest absolute Gasteiger partial charge is 0.443 e. The fraction of sp³-hybridized carbons (Fsp3) is 0.333. The average Bonchev–Trinajstić information content (AvgIpc) is 2.13. The minimum Gasteiger partial charge on any atom is -0.201 e. The second-order valence-corrected chi connectivity index (χ2v) is 2.35. The summed E-state index contributed by atoms with van der Waals surface area (Å²) in [5.41, 5.74) is -0.306. The molecule has 0 unspecified atom stereocenters. The molecule has 0 radical (unpaired) electrons. The molecule has 96 valence electrons. The molecule has 0 amide bonds. The molecular weight excluding hydrogens is 295 g/mol. The molecule has 16 heavy (non-hydrogen) atoms. The topological polar surface area (TPSA) is 0 Å². The Morgan fingerprint density at radius 3 is 0.875 bits per heavy atom. The quantitative estimate of drug-likeness (QED) is 0.539. The summed E-state index contributed by atoms with van der Waals surface area (Å²) in [7, 11) is 0. The standard InChI is InChI=1S/2C3HClF4/c2*4-1-2(5)3(6,7)8/h2*1H/b2-1+;2-1-. The van der Waals surface area contributed by atoms with Gasteiger partial charge in [-0.05, 0) is 0 Å². The molecule has 0 aromatic carbocycles. The minimum absolute atomic E-state index is 0.153. The number of allylic oxidation sites excluding steroid dienone is 2. The van der Waals surface area contributed by atoms with Crippen molar-refractivity contribution >= 4 is 23.2 Å². The normalized spacial score (nSPS) is 14.4. The van der Waals surface area contributed by atoms with Crippen LogP contribution in [-0.2, 0) is 0 Å². The van der Waals surface area contributed by atoms with Gasteiger partial charge in [-0.2, -0.15) is 26.3 Å². The van der Waals surface area contributed by atoms with E-state index >= 15 is 0 Å². The van der Waals surface area contributed by atoms with E-state index in [0.717, 1.165) is 0 Å². The van der Waals surface area contributed by atoms with Crippen molar-refractivity contribution in [3.05, 3.63) is 22.7 Å². The Morgan fingerprint density at radius 1 is 0.688 bits per heavy atom. The molecule has 0 saturated heterocycles. The highest BCUT2D eigenvalue weighted by Gasteiger charge is 2.34. The summed E-state index contributed by atoms with van der Waals surface area (Å²) in [5.74, 6) is -4.56. The SMILES string of the molecule is F/C(=C/Cl)C(F)(F)F.F/C(=C\Cl)C(F)(F)F. The first kappa shape index (κ1) is 17.9. The lowest BCUT2D eigenvalue weighted by Gasteiger charge is -1.98. The van der Waals surface area contributed by atoms with Crippen LogP contribution in [0.25, 0.3) is 0 Å². The zero-order valence-corrected chi connectivity index (χ0v) is 8.45. The van der Waals surface area contributed by atoms with Crippen LogP contribution in [0, 0.1) is 0 Å². The molecular formula is C6H2Cl2F8. The first-order valence-corrected chi connectivity index (χ1v) is 3.90. The molecule has 0 nitrogen and oxygen atoms in total. The van der Waals surface area contributed by atoms with E-state index in [-0.39, 0.29) is 11.1 Å². The van der Waals surface area contributed by atoms with Gasteiger partial charge in [0.25, 0.3) is 0 Å². The summed E-state index contributed by atoms with van der Waals surface area (Å²) < 4.78 is 88.0. The van der Waals surface area contributed by atoms with E-state index in [1.165, 1.54) is 0 Å². The van der Waals surface area contributed by atoms with Crippen molar-refractivity contribution in [2.75, 3.05) is 0 Å². The molecule has 10 heteroatoms. The van der Waals surface area contributed by atoms with Gasteiger partial charge in [0, 0.05) is 11.1 Å². The molecule has 0 aliphatic heterocycles. The molecule has 0 aromatic heterocycles. The Morgan fingerprint density at radius 2 is 0.875 bits per heavy atom. The fourth-order valence-electron chi connectivity index (χ4n) is 0.124. The van der Waals surface area contributed by atoms with Gasteiger partial charge in [-0.1, -0.05) is 23.2 Å². The van der Waals surface area contributed by atoms with Crippen LogP contribution in [-0.4, -0.2) is 12.4 Å². The van der Waals surface area contributed by atoms with Crippen LogP contribution in [0.1, 0.15) is 0 Å². The van der Waals surface area contributed by atoms with Gasteiger partial charge >= 0.3 is 12.4 Å². The summed E-state index contributed by atoms with van der Waals surface area (Å²) in [6.07, 6.45) is -9.86. The molecule has 0 aliphatic rings. The monoisotopic (exact) mass is 296 g/mol. The molecule has 0 N–H and O–H groups in total. The molecule has 0 heterocycles. The van der Waals surface area contributed by atoms with Crippen LogP contribution >= 0.6 is 23.2 Å². The van der Waals surface area contributed by atoms with E-state index in [4.69, 9.17) is 0 Å². The lowest BCUT2D eigenvalue weighted by Crippen LogP contribution is -2.06. The first-order chi connectivity index (χ1) is 6.96. The number of hydrogen-bond donors (Lipinski definition) is 0. The maximum atomic E-state index is 11.2. The number of alkyl halides is 6. The third-order valence-electron chi connectivity index (χ3n) is 0.733. The Labute approximate surface area is 94.1 Å². The van der Waals surface area contributed by atoms with Gasteiger partial charge in [-0.3, -0.25) is 0 Å². The minimum atomic E-state index is -4.93. The molecule has 0 fully saturated rings. The maximum absolute atomic E-state index is 11.2. The van der Waals surface area contributed by atoms with Crippen molar-refractivity contribution < 1.29 is 35.1 Å². The van der Waals surface area contributed by atoms with E-state index in [1.807, 2.05) is 0 Å². The summed E-state index contributed by atoms with van der Waals surface area (Å²) in [6.45, 7) is 0. The van der Waals surface area contributed by atoms with Crippen LogP contribution in [0.2, 0.25) is 0 Å². The Bertz CT molecular complexity index is 233. The number of halogens is 10. The van der Waals surface area contributed by atoms with Gasteiger partial charge in [0.1, 0.15) is 0 Å². The molecule has 0 aromatic rings. The molecule has 0 atom stereocenters. The molecule has 0 rings (SSSR count). The second-order valence-electron chi connectivity index (χ2n) is 1.91. The van der Waals surface area contributed by atoms with Gasteiger partial charge in [-0.15, -0.1) is 0 Å². The van der Waals surface area contributed by atoms with E-state index in [1.54, 1.807) is 0 Å². The predicted octanol–water partition coefficient (Wildman–Crippen LogP) is 5.20.